The van der Waals surface area contributed by atoms with Gasteiger partial charge in [-0.2, -0.15) is 4.98 Å². The lowest BCUT2D eigenvalue weighted by Gasteiger charge is -2.34. The summed E-state index contributed by atoms with van der Waals surface area (Å²) >= 11 is 6.08. The highest BCUT2D eigenvalue weighted by Gasteiger charge is 2.24. The number of nitrogens with zero attached hydrogens (tertiary/aromatic N) is 3. The normalized spacial score (nSPS) is 22.9. The zero-order valence-electron chi connectivity index (χ0n) is 12.0. The second-order valence-corrected chi connectivity index (χ2v) is 6.20. The molecule has 0 saturated heterocycles. The summed E-state index contributed by atoms with van der Waals surface area (Å²) in [6.07, 6.45) is 5.05. The Bertz CT molecular complexity index is 606. The second kappa shape index (κ2) is 5.57. The fourth-order valence-electron chi connectivity index (χ4n) is 3.10. The Morgan fingerprint density at radius 3 is 2.55 bits per heavy atom. The Morgan fingerprint density at radius 2 is 1.80 bits per heavy atom. The lowest BCUT2D eigenvalue weighted by Crippen LogP contribution is -2.35. The molecule has 0 bridgehead atoms. The average molecular weight is 290 g/mol. The number of hydrogen-bond acceptors (Lipinski definition) is 3. The van der Waals surface area contributed by atoms with E-state index in [9.17, 15) is 0 Å². The Hall–Kier alpha value is -1.35. The van der Waals surface area contributed by atoms with Crippen molar-refractivity contribution in [3.05, 3.63) is 29.5 Å². The van der Waals surface area contributed by atoms with Crippen LogP contribution in [0.4, 0.5) is 5.82 Å². The van der Waals surface area contributed by atoms with Crippen molar-refractivity contribution < 1.29 is 0 Å². The minimum atomic E-state index is 0.328. The predicted molar refractivity (Wildman–Crippen MR) is 84.4 cm³/mol. The number of rotatable bonds is 2. The number of hydrogen-bond donors (Lipinski definition) is 0. The van der Waals surface area contributed by atoms with Crippen molar-refractivity contribution in [2.24, 2.45) is 5.92 Å². The van der Waals surface area contributed by atoms with Gasteiger partial charge in [-0.15, -0.1) is 0 Å². The maximum atomic E-state index is 6.08. The van der Waals surface area contributed by atoms with E-state index in [0.717, 1.165) is 22.6 Å². The molecule has 0 spiro atoms. The molecule has 1 heterocycles. The van der Waals surface area contributed by atoms with Gasteiger partial charge in [0.2, 0.25) is 5.28 Å². The molecule has 1 aliphatic carbocycles. The van der Waals surface area contributed by atoms with Crippen molar-refractivity contribution in [1.29, 1.82) is 0 Å². The van der Waals surface area contributed by atoms with Gasteiger partial charge in [0, 0.05) is 18.5 Å². The van der Waals surface area contributed by atoms with Crippen LogP contribution in [0, 0.1) is 5.92 Å². The summed E-state index contributed by atoms with van der Waals surface area (Å²) in [4.78, 5) is 11.1. The zero-order valence-corrected chi connectivity index (χ0v) is 12.8. The van der Waals surface area contributed by atoms with Crippen molar-refractivity contribution in [1.82, 2.24) is 9.97 Å². The van der Waals surface area contributed by atoms with Gasteiger partial charge in [-0.3, -0.25) is 0 Å². The van der Waals surface area contributed by atoms with Crippen LogP contribution in [0.2, 0.25) is 5.28 Å². The Labute approximate surface area is 125 Å². The van der Waals surface area contributed by atoms with Crippen LogP contribution in [0.3, 0.4) is 0 Å². The van der Waals surface area contributed by atoms with Gasteiger partial charge in [-0.05, 0) is 55.3 Å². The first-order valence-corrected chi connectivity index (χ1v) is 7.68. The molecule has 1 saturated carbocycles. The Morgan fingerprint density at radius 1 is 1.10 bits per heavy atom. The number of fused-ring (bicyclic) bond motifs is 1. The highest BCUT2D eigenvalue weighted by Crippen LogP contribution is 2.32. The molecule has 0 N–H and O–H groups in total. The monoisotopic (exact) mass is 289 g/mol. The predicted octanol–water partition coefficient (Wildman–Crippen LogP) is 4.30. The third-order valence-electron chi connectivity index (χ3n) is 4.42. The molecule has 0 atom stereocenters. The van der Waals surface area contributed by atoms with E-state index < -0.39 is 0 Å². The van der Waals surface area contributed by atoms with Crippen molar-refractivity contribution >= 4 is 28.3 Å². The average Bonchev–Trinajstić information content (AvgIpc) is 2.46. The third kappa shape index (κ3) is 2.59. The van der Waals surface area contributed by atoms with E-state index in [1.165, 1.54) is 25.7 Å². The van der Waals surface area contributed by atoms with Crippen LogP contribution < -0.4 is 4.90 Å². The standard InChI is InChI=1S/C16H20ClN3/c1-11-7-9-12(10-8-11)20(2)15-13-5-3-4-6-14(13)18-16(17)19-15/h3-6,11-12H,7-10H2,1-2H3. The Balaban J connectivity index is 1.96. The first-order chi connectivity index (χ1) is 9.65. The summed E-state index contributed by atoms with van der Waals surface area (Å²) in [6.45, 7) is 2.34. The topological polar surface area (TPSA) is 29.0 Å². The summed E-state index contributed by atoms with van der Waals surface area (Å²) in [5.74, 6) is 1.81. The minimum Gasteiger partial charge on any atom is -0.356 e. The Kier molecular flexibility index (Phi) is 3.79. The molecule has 20 heavy (non-hydrogen) atoms. The minimum absolute atomic E-state index is 0.328. The lowest BCUT2D eigenvalue weighted by atomic mass is 9.87. The van der Waals surface area contributed by atoms with E-state index in [1.807, 2.05) is 18.2 Å². The van der Waals surface area contributed by atoms with Crippen molar-refractivity contribution in [3.8, 4) is 0 Å². The van der Waals surface area contributed by atoms with E-state index in [4.69, 9.17) is 11.6 Å². The first kappa shape index (κ1) is 13.6. The van der Waals surface area contributed by atoms with E-state index in [-0.39, 0.29) is 0 Å². The molecule has 4 heteroatoms. The molecule has 0 radical (unpaired) electrons. The number of halogens is 1. The quantitative estimate of drug-likeness (QED) is 0.772. The van der Waals surface area contributed by atoms with Crippen molar-refractivity contribution in [3.63, 3.8) is 0 Å². The molecule has 1 aromatic heterocycles. The molecule has 3 rings (SSSR count). The second-order valence-electron chi connectivity index (χ2n) is 5.86. The molecule has 1 fully saturated rings. The zero-order chi connectivity index (χ0) is 14.1. The SMILES string of the molecule is CC1CCC(N(C)c2nc(Cl)nc3ccccc23)CC1. The van der Waals surface area contributed by atoms with Crippen LogP contribution in [0.25, 0.3) is 10.9 Å². The van der Waals surface area contributed by atoms with Gasteiger partial charge >= 0.3 is 0 Å². The van der Waals surface area contributed by atoms with Gasteiger partial charge < -0.3 is 4.90 Å². The van der Waals surface area contributed by atoms with Gasteiger partial charge in [0.05, 0.1) is 5.52 Å². The van der Waals surface area contributed by atoms with Gasteiger partial charge in [-0.25, -0.2) is 4.98 Å². The molecule has 1 aromatic carbocycles. The fraction of sp³-hybridized carbons (Fsp3) is 0.500. The lowest BCUT2D eigenvalue weighted by molar-refractivity contribution is 0.340. The van der Waals surface area contributed by atoms with E-state index in [0.29, 0.717) is 11.3 Å². The number of para-hydroxylation sites is 1. The van der Waals surface area contributed by atoms with Crippen LogP contribution in [-0.2, 0) is 0 Å². The molecule has 0 aliphatic heterocycles. The van der Waals surface area contributed by atoms with Crippen LogP contribution in [0.1, 0.15) is 32.6 Å². The molecule has 0 unspecified atom stereocenters. The number of anilines is 1. The van der Waals surface area contributed by atoms with Gasteiger partial charge in [0.15, 0.2) is 0 Å². The third-order valence-corrected chi connectivity index (χ3v) is 4.59. The number of benzene rings is 1. The van der Waals surface area contributed by atoms with Gasteiger partial charge in [-0.1, -0.05) is 19.1 Å². The summed E-state index contributed by atoms with van der Waals surface area (Å²) in [6, 6.07) is 8.63. The number of aromatic nitrogens is 2. The largest absolute Gasteiger partial charge is 0.356 e. The van der Waals surface area contributed by atoms with Crippen LogP contribution >= 0.6 is 11.6 Å². The molecular weight excluding hydrogens is 270 g/mol. The molecule has 1 aliphatic rings. The van der Waals surface area contributed by atoms with E-state index >= 15 is 0 Å². The van der Waals surface area contributed by atoms with Gasteiger partial charge in [0.1, 0.15) is 5.82 Å². The highest BCUT2D eigenvalue weighted by atomic mass is 35.5. The maximum Gasteiger partial charge on any atom is 0.224 e. The highest BCUT2D eigenvalue weighted by molar-refractivity contribution is 6.28. The van der Waals surface area contributed by atoms with E-state index in [1.54, 1.807) is 0 Å². The fourth-order valence-corrected chi connectivity index (χ4v) is 3.27. The summed E-state index contributed by atoms with van der Waals surface area (Å²) in [5, 5.41) is 1.41. The summed E-state index contributed by atoms with van der Waals surface area (Å²) < 4.78 is 0. The van der Waals surface area contributed by atoms with Gasteiger partial charge in [0.25, 0.3) is 0 Å². The first-order valence-electron chi connectivity index (χ1n) is 7.30. The molecular formula is C16H20ClN3. The maximum absolute atomic E-state index is 6.08. The molecule has 0 amide bonds. The molecule has 106 valence electrons. The molecule has 2 aromatic rings. The van der Waals surface area contributed by atoms with Crippen molar-refractivity contribution in [2.45, 2.75) is 38.6 Å². The summed E-state index contributed by atoms with van der Waals surface area (Å²) in [5.41, 5.74) is 0.915. The molecule has 3 nitrogen and oxygen atoms in total. The van der Waals surface area contributed by atoms with Crippen molar-refractivity contribution in [2.75, 3.05) is 11.9 Å². The smallest absolute Gasteiger partial charge is 0.224 e. The van der Waals surface area contributed by atoms with Crippen LogP contribution in [0.5, 0.6) is 0 Å². The van der Waals surface area contributed by atoms with Crippen LogP contribution in [-0.4, -0.2) is 23.1 Å². The van der Waals surface area contributed by atoms with Crippen LogP contribution in [0.15, 0.2) is 24.3 Å². The summed E-state index contributed by atoms with van der Waals surface area (Å²) in [7, 11) is 2.13. The van der Waals surface area contributed by atoms with E-state index in [2.05, 4.69) is 34.9 Å².